The lowest BCUT2D eigenvalue weighted by Gasteiger charge is -2.39. The van der Waals surface area contributed by atoms with Gasteiger partial charge in [0, 0.05) is 12.3 Å². The molecule has 1 saturated heterocycles. The monoisotopic (exact) mass is 195 g/mol. The summed E-state index contributed by atoms with van der Waals surface area (Å²) in [6.07, 6.45) is 5.12. The molecule has 3 nitrogen and oxygen atoms in total. The lowest BCUT2D eigenvalue weighted by Crippen LogP contribution is -2.48. The van der Waals surface area contributed by atoms with Crippen LogP contribution in [0.1, 0.15) is 39.0 Å². The Kier molecular flexibility index (Phi) is 2.57. The zero-order valence-corrected chi connectivity index (χ0v) is 8.58. The summed E-state index contributed by atoms with van der Waals surface area (Å²) >= 11 is 0. The second kappa shape index (κ2) is 3.71. The second-order valence-electron chi connectivity index (χ2n) is 4.49. The first-order chi connectivity index (χ1) is 6.72. The fraction of sp³-hybridized carbons (Fsp3) is 0.818. The van der Waals surface area contributed by atoms with E-state index in [1.165, 1.54) is 19.3 Å². The first-order valence-electron chi connectivity index (χ1n) is 5.56. The normalized spacial score (nSPS) is 33.8. The lowest BCUT2D eigenvalue weighted by molar-refractivity contribution is -0.141. The maximum absolute atomic E-state index is 11.6. The van der Waals surface area contributed by atoms with Crippen LogP contribution in [0.2, 0.25) is 0 Å². The molecule has 1 N–H and O–H groups in total. The van der Waals surface area contributed by atoms with E-state index in [1.54, 1.807) is 0 Å². The Labute approximate surface area is 84.2 Å². The fourth-order valence-electron chi connectivity index (χ4n) is 2.68. The molecule has 3 heteroatoms. The third-order valence-electron chi connectivity index (χ3n) is 3.73. The fourth-order valence-corrected chi connectivity index (χ4v) is 2.68. The number of hydrogen-bond donors (Lipinski definition) is 1. The molecule has 2 aliphatic rings. The van der Waals surface area contributed by atoms with Crippen molar-refractivity contribution in [3.05, 3.63) is 0 Å². The molecule has 1 heterocycles. The van der Waals surface area contributed by atoms with Crippen molar-refractivity contribution in [1.29, 1.82) is 0 Å². The quantitative estimate of drug-likeness (QED) is 0.678. The van der Waals surface area contributed by atoms with Gasteiger partial charge in [-0.3, -0.25) is 14.9 Å². The standard InChI is InChI=1S/C11H17NO2/c1-2-8-9(7-4-3-5-7)6-10(13)12-11(8)14/h7-9H,2-6H2,1H3,(H,12,13,14). The summed E-state index contributed by atoms with van der Waals surface area (Å²) in [5.41, 5.74) is 0. The maximum atomic E-state index is 11.6. The molecule has 0 aromatic carbocycles. The van der Waals surface area contributed by atoms with Crippen molar-refractivity contribution < 1.29 is 9.59 Å². The molecule has 2 atom stereocenters. The van der Waals surface area contributed by atoms with E-state index in [4.69, 9.17) is 0 Å². The smallest absolute Gasteiger partial charge is 0.229 e. The summed E-state index contributed by atoms with van der Waals surface area (Å²) in [6, 6.07) is 0. The highest BCUT2D eigenvalue weighted by Gasteiger charge is 2.40. The maximum Gasteiger partial charge on any atom is 0.229 e. The van der Waals surface area contributed by atoms with Crippen LogP contribution < -0.4 is 5.32 Å². The van der Waals surface area contributed by atoms with E-state index >= 15 is 0 Å². The van der Waals surface area contributed by atoms with Crippen molar-refractivity contribution in [2.24, 2.45) is 17.8 Å². The third-order valence-corrected chi connectivity index (χ3v) is 3.73. The molecule has 0 radical (unpaired) electrons. The molecule has 14 heavy (non-hydrogen) atoms. The first-order valence-corrected chi connectivity index (χ1v) is 5.56. The summed E-state index contributed by atoms with van der Waals surface area (Å²) in [4.78, 5) is 22.8. The molecule has 2 fully saturated rings. The molecule has 2 unspecified atom stereocenters. The van der Waals surface area contributed by atoms with Crippen molar-refractivity contribution in [2.75, 3.05) is 0 Å². The molecule has 2 rings (SSSR count). The highest BCUT2D eigenvalue weighted by molar-refractivity contribution is 5.99. The second-order valence-corrected chi connectivity index (χ2v) is 4.49. The van der Waals surface area contributed by atoms with Crippen LogP contribution in [0.25, 0.3) is 0 Å². The summed E-state index contributed by atoms with van der Waals surface area (Å²) in [5.74, 6) is 0.931. The average molecular weight is 195 g/mol. The van der Waals surface area contributed by atoms with Gasteiger partial charge in [-0.2, -0.15) is 0 Å². The minimum absolute atomic E-state index is 0.0411. The molecular weight excluding hydrogens is 178 g/mol. The lowest BCUT2D eigenvalue weighted by atomic mass is 9.67. The number of carbonyl (C=O) groups is 2. The Hall–Kier alpha value is -0.860. The van der Waals surface area contributed by atoms with E-state index in [0.717, 1.165) is 6.42 Å². The zero-order chi connectivity index (χ0) is 10.1. The predicted octanol–water partition coefficient (Wildman–Crippen LogP) is 1.48. The van der Waals surface area contributed by atoms with Crippen LogP contribution >= 0.6 is 0 Å². The number of rotatable bonds is 2. The highest BCUT2D eigenvalue weighted by Crippen LogP contribution is 2.41. The zero-order valence-electron chi connectivity index (χ0n) is 8.58. The topological polar surface area (TPSA) is 46.2 Å². The van der Waals surface area contributed by atoms with Gasteiger partial charge in [0.15, 0.2) is 0 Å². The van der Waals surface area contributed by atoms with Gasteiger partial charge >= 0.3 is 0 Å². The minimum Gasteiger partial charge on any atom is -0.296 e. The van der Waals surface area contributed by atoms with Gasteiger partial charge in [-0.15, -0.1) is 0 Å². The molecule has 1 aliphatic carbocycles. The van der Waals surface area contributed by atoms with Gasteiger partial charge in [-0.25, -0.2) is 0 Å². The molecule has 0 bridgehead atoms. The van der Waals surface area contributed by atoms with Crippen molar-refractivity contribution in [2.45, 2.75) is 39.0 Å². The molecule has 1 saturated carbocycles. The first kappa shape index (κ1) is 9.69. The van der Waals surface area contributed by atoms with Crippen LogP contribution in [0.5, 0.6) is 0 Å². The van der Waals surface area contributed by atoms with Crippen LogP contribution in [0.4, 0.5) is 0 Å². The Morgan fingerprint density at radius 3 is 2.57 bits per heavy atom. The van der Waals surface area contributed by atoms with E-state index in [0.29, 0.717) is 18.3 Å². The molecular formula is C11H17NO2. The van der Waals surface area contributed by atoms with Crippen molar-refractivity contribution in [3.8, 4) is 0 Å². The van der Waals surface area contributed by atoms with Gasteiger partial charge in [0.25, 0.3) is 0 Å². The number of hydrogen-bond acceptors (Lipinski definition) is 2. The van der Waals surface area contributed by atoms with Crippen LogP contribution in [0.3, 0.4) is 0 Å². The molecule has 0 aromatic heterocycles. The average Bonchev–Trinajstić information content (AvgIpc) is 1.99. The number of imide groups is 1. The van der Waals surface area contributed by atoms with E-state index < -0.39 is 0 Å². The largest absolute Gasteiger partial charge is 0.296 e. The van der Waals surface area contributed by atoms with E-state index in [2.05, 4.69) is 5.32 Å². The van der Waals surface area contributed by atoms with Gasteiger partial charge in [0.1, 0.15) is 0 Å². The van der Waals surface area contributed by atoms with Gasteiger partial charge < -0.3 is 0 Å². The minimum atomic E-state index is -0.0726. The SMILES string of the molecule is CCC1C(=O)NC(=O)CC1C1CCC1. The molecule has 0 aromatic rings. The Balaban J connectivity index is 2.09. The number of carbonyl (C=O) groups excluding carboxylic acids is 2. The Morgan fingerprint density at radius 2 is 2.07 bits per heavy atom. The van der Waals surface area contributed by atoms with Gasteiger partial charge in [0.2, 0.25) is 11.8 Å². The summed E-state index contributed by atoms with van der Waals surface area (Å²) in [6.45, 7) is 2.03. The predicted molar refractivity (Wildman–Crippen MR) is 52.4 cm³/mol. The molecule has 2 amide bonds. The van der Waals surface area contributed by atoms with Gasteiger partial charge in [-0.05, 0) is 18.3 Å². The summed E-state index contributed by atoms with van der Waals surface area (Å²) in [5, 5.41) is 2.44. The Morgan fingerprint density at radius 1 is 1.36 bits per heavy atom. The van der Waals surface area contributed by atoms with Crippen LogP contribution in [0, 0.1) is 17.8 Å². The highest BCUT2D eigenvalue weighted by atomic mass is 16.2. The third kappa shape index (κ3) is 1.56. The number of nitrogens with one attached hydrogen (secondary N) is 1. The van der Waals surface area contributed by atoms with Crippen LogP contribution in [-0.2, 0) is 9.59 Å². The van der Waals surface area contributed by atoms with Crippen molar-refractivity contribution >= 4 is 11.8 Å². The Bertz CT molecular complexity index is 258. The van der Waals surface area contributed by atoms with Gasteiger partial charge in [-0.1, -0.05) is 26.2 Å². The molecule has 78 valence electrons. The van der Waals surface area contributed by atoms with E-state index in [9.17, 15) is 9.59 Å². The van der Waals surface area contributed by atoms with Crippen molar-refractivity contribution in [3.63, 3.8) is 0 Å². The van der Waals surface area contributed by atoms with Crippen LogP contribution in [0.15, 0.2) is 0 Å². The number of piperidine rings is 1. The number of amides is 2. The molecule has 1 aliphatic heterocycles. The van der Waals surface area contributed by atoms with Gasteiger partial charge in [0.05, 0.1) is 0 Å². The summed E-state index contributed by atoms with van der Waals surface area (Å²) in [7, 11) is 0. The van der Waals surface area contributed by atoms with Crippen molar-refractivity contribution in [1.82, 2.24) is 5.32 Å². The van der Waals surface area contributed by atoms with E-state index in [1.807, 2.05) is 6.92 Å². The van der Waals surface area contributed by atoms with E-state index in [-0.39, 0.29) is 17.7 Å². The summed E-state index contributed by atoms with van der Waals surface area (Å²) < 4.78 is 0. The van der Waals surface area contributed by atoms with Crippen LogP contribution in [-0.4, -0.2) is 11.8 Å². The molecule has 0 spiro atoms.